The molecule has 0 aliphatic heterocycles. The minimum atomic E-state index is -1.79. The molecule has 4 atom stereocenters. The van der Waals surface area contributed by atoms with E-state index in [4.69, 9.17) is 4.74 Å². The number of esters is 1. The lowest BCUT2D eigenvalue weighted by Gasteiger charge is -2.28. The predicted octanol–water partition coefficient (Wildman–Crippen LogP) is 1.21. The Kier molecular flexibility index (Phi) is 2.65. The van der Waals surface area contributed by atoms with Gasteiger partial charge in [0.2, 0.25) is 0 Å². The summed E-state index contributed by atoms with van der Waals surface area (Å²) in [5.74, 6) is -2.30. The van der Waals surface area contributed by atoms with E-state index in [1.54, 1.807) is 18.2 Å². The number of hydrogen-bond donors (Lipinski definition) is 0. The van der Waals surface area contributed by atoms with E-state index in [0.29, 0.717) is 5.57 Å². The first kappa shape index (κ1) is 13.9. The fourth-order valence-corrected chi connectivity index (χ4v) is 4.29. The highest BCUT2D eigenvalue weighted by molar-refractivity contribution is 5.90. The van der Waals surface area contributed by atoms with Crippen LogP contribution in [0.15, 0.2) is 23.8 Å². The molecule has 6 nitrogen and oxygen atoms in total. The normalized spacial score (nSPS) is 34.5. The third-order valence-corrected chi connectivity index (χ3v) is 5.24. The van der Waals surface area contributed by atoms with Gasteiger partial charge in [-0.2, -0.15) is 21.0 Å². The summed E-state index contributed by atoms with van der Waals surface area (Å²) in [5.41, 5.74) is -3.12. The number of nitriles is 4. The zero-order valence-electron chi connectivity index (χ0n) is 11.6. The van der Waals surface area contributed by atoms with Crippen LogP contribution in [0.3, 0.4) is 0 Å². The van der Waals surface area contributed by atoms with Gasteiger partial charge in [0, 0.05) is 23.3 Å². The summed E-state index contributed by atoms with van der Waals surface area (Å²) in [7, 11) is 1.27. The molecule has 0 saturated heterocycles. The molecule has 0 amide bonds. The molecule has 0 aromatic carbocycles. The Hall–Kier alpha value is -3.09. The molecule has 6 heteroatoms. The van der Waals surface area contributed by atoms with Gasteiger partial charge in [-0.05, 0) is 5.92 Å². The van der Waals surface area contributed by atoms with Crippen LogP contribution < -0.4 is 0 Å². The lowest BCUT2D eigenvalue weighted by atomic mass is 9.63. The van der Waals surface area contributed by atoms with Gasteiger partial charge >= 0.3 is 5.97 Å². The Morgan fingerprint density at radius 2 is 1.59 bits per heavy atom. The van der Waals surface area contributed by atoms with Crippen LogP contribution in [0.5, 0.6) is 0 Å². The quantitative estimate of drug-likeness (QED) is 0.528. The summed E-state index contributed by atoms with van der Waals surface area (Å²) in [6.45, 7) is 0. The second-order valence-corrected chi connectivity index (χ2v) is 5.72. The summed E-state index contributed by atoms with van der Waals surface area (Å²) in [6.07, 6.45) is 5.03. The topological polar surface area (TPSA) is 121 Å². The number of carbonyl (C=O) groups is 1. The molecule has 106 valence electrons. The maximum atomic E-state index is 11.9. The molecule has 0 radical (unpaired) electrons. The lowest BCUT2D eigenvalue weighted by Crippen LogP contribution is -2.39. The van der Waals surface area contributed by atoms with E-state index in [-0.39, 0.29) is 11.8 Å². The van der Waals surface area contributed by atoms with Gasteiger partial charge < -0.3 is 4.74 Å². The fraction of sp³-hybridized carbons (Fsp3) is 0.438. The third kappa shape index (κ3) is 1.15. The molecule has 1 saturated carbocycles. The molecule has 0 aromatic heterocycles. The largest absolute Gasteiger partial charge is 0.466 e. The van der Waals surface area contributed by atoms with E-state index >= 15 is 0 Å². The zero-order chi connectivity index (χ0) is 16.1. The van der Waals surface area contributed by atoms with Gasteiger partial charge in [0.05, 0.1) is 31.4 Å². The van der Waals surface area contributed by atoms with Crippen LogP contribution in [-0.2, 0) is 9.53 Å². The first-order chi connectivity index (χ1) is 10.6. The highest BCUT2D eigenvalue weighted by atomic mass is 16.5. The molecule has 0 aromatic rings. The molecule has 22 heavy (non-hydrogen) atoms. The highest BCUT2D eigenvalue weighted by Gasteiger charge is 2.75. The molecule has 3 aliphatic carbocycles. The van der Waals surface area contributed by atoms with Crippen molar-refractivity contribution in [2.45, 2.75) is 0 Å². The van der Waals surface area contributed by atoms with Gasteiger partial charge in [-0.15, -0.1) is 0 Å². The van der Waals surface area contributed by atoms with Crippen LogP contribution in [0, 0.1) is 79.8 Å². The van der Waals surface area contributed by atoms with E-state index < -0.39 is 28.6 Å². The second kappa shape index (κ2) is 4.20. The molecular weight excluding hydrogens is 280 g/mol. The van der Waals surface area contributed by atoms with Crippen LogP contribution in [0.25, 0.3) is 0 Å². The number of ether oxygens (including phenoxy) is 1. The van der Waals surface area contributed by atoms with Gasteiger partial charge in [0.25, 0.3) is 0 Å². The monoisotopic (exact) mass is 290 g/mol. The van der Waals surface area contributed by atoms with Crippen LogP contribution in [0.1, 0.15) is 0 Å². The summed E-state index contributed by atoms with van der Waals surface area (Å²) in [5, 5.41) is 38.4. The van der Waals surface area contributed by atoms with E-state index in [9.17, 15) is 25.8 Å². The molecule has 3 aliphatic rings. The molecule has 0 bridgehead atoms. The number of allylic oxidation sites excluding steroid dienone is 3. The van der Waals surface area contributed by atoms with Crippen LogP contribution in [0.2, 0.25) is 0 Å². The van der Waals surface area contributed by atoms with Crippen LogP contribution in [-0.4, -0.2) is 13.1 Å². The number of nitrogens with zero attached hydrogens (tertiary/aromatic N) is 4. The number of rotatable bonds is 1. The molecule has 1 fully saturated rings. The molecule has 0 unspecified atom stereocenters. The van der Waals surface area contributed by atoms with Crippen molar-refractivity contribution in [1.82, 2.24) is 0 Å². The van der Waals surface area contributed by atoms with Crippen molar-refractivity contribution in [2.24, 2.45) is 34.5 Å². The van der Waals surface area contributed by atoms with E-state index in [2.05, 4.69) is 0 Å². The summed E-state index contributed by atoms with van der Waals surface area (Å²) in [6, 6.07) is 7.70. The van der Waals surface area contributed by atoms with Crippen molar-refractivity contribution in [3.05, 3.63) is 23.8 Å². The molecule has 0 heterocycles. The minimum absolute atomic E-state index is 0.298. The Morgan fingerprint density at radius 1 is 1.05 bits per heavy atom. The highest BCUT2D eigenvalue weighted by Crippen LogP contribution is 2.69. The van der Waals surface area contributed by atoms with Crippen molar-refractivity contribution in [1.29, 1.82) is 21.0 Å². The summed E-state index contributed by atoms with van der Waals surface area (Å²) >= 11 is 0. The van der Waals surface area contributed by atoms with Gasteiger partial charge in [-0.3, -0.25) is 0 Å². The predicted molar refractivity (Wildman–Crippen MR) is 70.5 cm³/mol. The molecular formula is C16H10N4O2. The Balaban J connectivity index is 2.27. The lowest BCUT2D eigenvalue weighted by molar-refractivity contribution is -0.136. The maximum Gasteiger partial charge on any atom is 0.334 e. The van der Waals surface area contributed by atoms with Crippen molar-refractivity contribution in [3.63, 3.8) is 0 Å². The summed E-state index contributed by atoms with van der Waals surface area (Å²) < 4.78 is 4.75. The van der Waals surface area contributed by atoms with Crippen LogP contribution in [0.4, 0.5) is 0 Å². The standard InChI is InChI=1S/C16H10N4O2/c1-22-14(21)10-4-12-13-9(10)2-3-11(13)15(5-17,6-18)16(12,7-19)8-20/h2-4,9,11-13H,1H3/t9-,11+,12+,13-/m1/s1. The van der Waals surface area contributed by atoms with Crippen molar-refractivity contribution in [3.8, 4) is 24.3 Å². The van der Waals surface area contributed by atoms with Crippen molar-refractivity contribution in [2.75, 3.05) is 7.11 Å². The minimum Gasteiger partial charge on any atom is -0.466 e. The Bertz CT molecular complexity index is 768. The molecule has 0 N–H and O–H groups in total. The SMILES string of the molecule is COC(=O)C1=C[C@H]2[C@@H]3[C@@H]1C=C[C@@H]3C(C#N)(C#N)C2(C#N)C#N. The van der Waals surface area contributed by atoms with Gasteiger partial charge in [0.1, 0.15) is 0 Å². The number of methoxy groups -OCH3 is 1. The average molecular weight is 290 g/mol. The van der Waals surface area contributed by atoms with Crippen LogP contribution >= 0.6 is 0 Å². The number of hydrogen-bond acceptors (Lipinski definition) is 6. The maximum absolute atomic E-state index is 11.9. The van der Waals surface area contributed by atoms with Gasteiger partial charge in [-0.25, -0.2) is 4.79 Å². The van der Waals surface area contributed by atoms with Gasteiger partial charge in [-0.1, -0.05) is 18.2 Å². The first-order valence-corrected chi connectivity index (χ1v) is 6.70. The van der Waals surface area contributed by atoms with E-state index in [1.165, 1.54) is 7.11 Å². The average Bonchev–Trinajstić information content (AvgIpc) is 3.19. The Labute approximate surface area is 127 Å². The number of carbonyl (C=O) groups excluding carboxylic acids is 1. The molecule has 3 rings (SSSR count). The smallest absolute Gasteiger partial charge is 0.334 e. The van der Waals surface area contributed by atoms with Gasteiger partial charge in [0.15, 0.2) is 10.8 Å². The van der Waals surface area contributed by atoms with Crippen molar-refractivity contribution < 1.29 is 9.53 Å². The first-order valence-electron chi connectivity index (χ1n) is 6.70. The Morgan fingerprint density at radius 3 is 2.09 bits per heavy atom. The zero-order valence-corrected chi connectivity index (χ0v) is 11.6. The van der Waals surface area contributed by atoms with E-state index in [1.807, 2.05) is 24.3 Å². The summed E-state index contributed by atoms with van der Waals surface area (Å²) in [4.78, 5) is 11.9. The third-order valence-electron chi connectivity index (χ3n) is 5.24. The van der Waals surface area contributed by atoms with Crippen molar-refractivity contribution >= 4 is 5.97 Å². The fourth-order valence-electron chi connectivity index (χ4n) is 4.29. The van der Waals surface area contributed by atoms with E-state index in [0.717, 1.165) is 0 Å². The molecule has 0 spiro atoms. The second-order valence-electron chi connectivity index (χ2n) is 5.72.